The number of hydrogen-bond acceptors (Lipinski definition) is 5. The first-order valence-corrected chi connectivity index (χ1v) is 5.99. The number of hydrogen-bond donors (Lipinski definition) is 3. The van der Waals surface area contributed by atoms with Gasteiger partial charge in [0.1, 0.15) is 17.3 Å². The molecule has 102 valence electrons. The maximum atomic E-state index is 10.7. The molecule has 1 aromatic rings. The molecule has 0 radical (unpaired) electrons. The van der Waals surface area contributed by atoms with Crippen LogP contribution in [0.4, 0.5) is 0 Å². The van der Waals surface area contributed by atoms with Gasteiger partial charge in [-0.25, -0.2) is 4.98 Å². The van der Waals surface area contributed by atoms with E-state index in [9.17, 15) is 15.0 Å². The Balaban J connectivity index is 2.69. The fourth-order valence-corrected chi connectivity index (χ4v) is 1.63. The van der Waals surface area contributed by atoms with E-state index in [2.05, 4.69) is 10.3 Å². The van der Waals surface area contributed by atoms with Crippen LogP contribution in [-0.4, -0.2) is 33.8 Å². The maximum absolute atomic E-state index is 10.7. The second-order valence-electron chi connectivity index (χ2n) is 4.00. The monoisotopic (exact) mass is 283 g/mol. The molecular weight excluding hydrogens is 270 g/mol. The topological polar surface area (TPSA) is 106 Å². The molecule has 1 rings (SSSR count). The van der Waals surface area contributed by atoms with E-state index in [1.165, 1.54) is 19.2 Å². The summed E-state index contributed by atoms with van der Waals surface area (Å²) in [4.78, 5) is 14.4. The molecule has 0 saturated carbocycles. The van der Waals surface area contributed by atoms with Crippen molar-refractivity contribution in [3.8, 4) is 6.07 Å². The van der Waals surface area contributed by atoms with Gasteiger partial charge < -0.3 is 15.5 Å². The molecule has 3 N–H and O–H groups in total. The lowest BCUT2D eigenvalue weighted by molar-refractivity contribution is -0.119. The minimum atomic E-state index is -1.19. The molecule has 7 heteroatoms. The van der Waals surface area contributed by atoms with Gasteiger partial charge in [0, 0.05) is 25.2 Å². The molecular formula is C12H14ClN3O3. The molecule has 0 bridgehead atoms. The quantitative estimate of drug-likeness (QED) is 0.683. The van der Waals surface area contributed by atoms with E-state index in [0.29, 0.717) is 5.56 Å². The summed E-state index contributed by atoms with van der Waals surface area (Å²) in [6, 6.07) is 3.22. The lowest BCUT2D eigenvalue weighted by atomic mass is 10.0. The molecule has 0 saturated heterocycles. The zero-order valence-corrected chi connectivity index (χ0v) is 11.1. The van der Waals surface area contributed by atoms with Crippen molar-refractivity contribution in [2.75, 3.05) is 6.54 Å². The molecule has 2 unspecified atom stereocenters. The van der Waals surface area contributed by atoms with Gasteiger partial charge in [0.15, 0.2) is 0 Å². The summed E-state index contributed by atoms with van der Waals surface area (Å²) in [7, 11) is 0. The van der Waals surface area contributed by atoms with Crippen LogP contribution in [0.3, 0.4) is 0 Å². The Morgan fingerprint density at radius 2 is 2.32 bits per heavy atom. The standard InChI is InChI=1S/C12H14ClN3O3/c1-7(17)15-3-2-10(18)11(19)9-4-8(5-14)12(13)16-6-9/h4,6,10-11,18-19H,2-3H2,1H3,(H,15,17). The van der Waals surface area contributed by atoms with Crippen LogP contribution in [0.5, 0.6) is 0 Å². The van der Waals surface area contributed by atoms with E-state index >= 15 is 0 Å². The van der Waals surface area contributed by atoms with Crippen LogP contribution in [0, 0.1) is 11.3 Å². The third-order valence-corrected chi connectivity index (χ3v) is 2.80. The van der Waals surface area contributed by atoms with Crippen molar-refractivity contribution < 1.29 is 15.0 Å². The van der Waals surface area contributed by atoms with Crippen LogP contribution in [0.25, 0.3) is 0 Å². The van der Waals surface area contributed by atoms with Crippen molar-refractivity contribution in [1.29, 1.82) is 5.26 Å². The van der Waals surface area contributed by atoms with E-state index in [1.807, 2.05) is 6.07 Å². The number of pyridine rings is 1. The Kier molecular flexibility index (Phi) is 5.70. The molecule has 0 aromatic carbocycles. The summed E-state index contributed by atoms with van der Waals surface area (Å²) < 4.78 is 0. The first-order valence-electron chi connectivity index (χ1n) is 5.61. The van der Waals surface area contributed by atoms with Crippen molar-refractivity contribution in [1.82, 2.24) is 10.3 Å². The van der Waals surface area contributed by atoms with Gasteiger partial charge in [0.2, 0.25) is 5.91 Å². The van der Waals surface area contributed by atoms with E-state index in [-0.39, 0.29) is 29.6 Å². The molecule has 0 spiro atoms. The molecule has 6 nitrogen and oxygen atoms in total. The van der Waals surface area contributed by atoms with Gasteiger partial charge in [-0.3, -0.25) is 4.79 Å². The Bertz CT molecular complexity index is 501. The highest BCUT2D eigenvalue weighted by Crippen LogP contribution is 2.21. The number of nitriles is 1. The highest BCUT2D eigenvalue weighted by atomic mass is 35.5. The number of aliphatic hydroxyl groups excluding tert-OH is 2. The van der Waals surface area contributed by atoms with E-state index in [1.54, 1.807) is 0 Å². The number of rotatable bonds is 5. The number of nitrogens with zero attached hydrogens (tertiary/aromatic N) is 2. The number of amides is 1. The number of carbonyl (C=O) groups excluding carboxylic acids is 1. The van der Waals surface area contributed by atoms with Gasteiger partial charge in [0.25, 0.3) is 0 Å². The molecule has 1 heterocycles. The summed E-state index contributed by atoms with van der Waals surface area (Å²) in [5.41, 5.74) is 0.434. The van der Waals surface area contributed by atoms with Crippen LogP contribution in [0.1, 0.15) is 30.6 Å². The molecule has 0 aliphatic carbocycles. The molecule has 1 aromatic heterocycles. The highest BCUT2D eigenvalue weighted by molar-refractivity contribution is 6.30. The average molecular weight is 284 g/mol. The molecule has 0 aliphatic heterocycles. The number of aromatic nitrogens is 1. The number of carbonyl (C=O) groups is 1. The van der Waals surface area contributed by atoms with Crippen LogP contribution in [0.2, 0.25) is 5.15 Å². The fraction of sp³-hybridized carbons (Fsp3) is 0.417. The summed E-state index contributed by atoms with van der Waals surface area (Å²) >= 11 is 5.67. The second-order valence-corrected chi connectivity index (χ2v) is 4.36. The molecule has 2 atom stereocenters. The van der Waals surface area contributed by atoms with Crippen LogP contribution >= 0.6 is 11.6 Å². The Hall–Kier alpha value is -1.68. The average Bonchev–Trinajstić information content (AvgIpc) is 2.38. The molecule has 0 aliphatic rings. The van der Waals surface area contributed by atoms with Crippen LogP contribution in [-0.2, 0) is 4.79 Å². The van der Waals surface area contributed by atoms with Gasteiger partial charge in [-0.1, -0.05) is 11.6 Å². The summed E-state index contributed by atoms with van der Waals surface area (Å²) in [6.07, 6.45) is -0.771. The van der Waals surface area contributed by atoms with Crippen molar-refractivity contribution >= 4 is 17.5 Å². The minimum Gasteiger partial charge on any atom is -0.390 e. The Morgan fingerprint density at radius 1 is 1.63 bits per heavy atom. The molecule has 0 fully saturated rings. The van der Waals surface area contributed by atoms with Gasteiger partial charge in [-0.2, -0.15) is 5.26 Å². The summed E-state index contributed by atoms with van der Waals surface area (Å²) in [5.74, 6) is -0.207. The number of nitrogens with one attached hydrogen (secondary N) is 1. The van der Waals surface area contributed by atoms with E-state index < -0.39 is 12.2 Å². The van der Waals surface area contributed by atoms with Gasteiger partial charge >= 0.3 is 0 Å². The zero-order chi connectivity index (χ0) is 14.4. The van der Waals surface area contributed by atoms with Gasteiger partial charge in [-0.05, 0) is 12.5 Å². The normalized spacial score (nSPS) is 13.4. The predicted octanol–water partition coefficient (Wildman–Crippen LogP) is 0.527. The largest absolute Gasteiger partial charge is 0.390 e. The Labute approximate surface area is 115 Å². The first kappa shape index (κ1) is 15.4. The van der Waals surface area contributed by atoms with E-state index in [4.69, 9.17) is 16.9 Å². The summed E-state index contributed by atoms with van der Waals surface area (Å²) in [5, 5.41) is 31.0. The number of aliphatic hydroxyl groups is 2. The maximum Gasteiger partial charge on any atom is 0.216 e. The second kappa shape index (κ2) is 7.04. The number of halogens is 1. The minimum absolute atomic E-state index is 0.0474. The van der Waals surface area contributed by atoms with Gasteiger partial charge in [0.05, 0.1) is 11.7 Å². The summed E-state index contributed by atoms with van der Waals surface area (Å²) in [6.45, 7) is 1.62. The van der Waals surface area contributed by atoms with Crippen molar-refractivity contribution in [2.24, 2.45) is 0 Å². The van der Waals surface area contributed by atoms with Crippen molar-refractivity contribution in [2.45, 2.75) is 25.6 Å². The molecule has 1 amide bonds. The lowest BCUT2D eigenvalue weighted by Crippen LogP contribution is -2.27. The third-order valence-electron chi connectivity index (χ3n) is 2.50. The van der Waals surface area contributed by atoms with Crippen molar-refractivity contribution in [3.63, 3.8) is 0 Å². The lowest BCUT2D eigenvalue weighted by Gasteiger charge is -2.18. The SMILES string of the molecule is CC(=O)NCCC(O)C(O)c1cnc(Cl)c(C#N)c1. The van der Waals surface area contributed by atoms with Crippen molar-refractivity contribution in [3.05, 3.63) is 28.5 Å². The van der Waals surface area contributed by atoms with Crippen LogP contribution in [0.15, 0.2) is 12.3 Å². The smallest absolute Gasteiger partial charge is 0.216 e. The van der Waals surface area contributed by atoms with Crippen LogP contribution < -0.4 is 5.32 Å². The van der Waals surface area contributed by atoms with Gasteiger partial charge in [-0.15, -0.1) is 0 Å². The third kappa shape index (κ3) is 4.48. The molecule has 19 heavy (non-hydrogen) atoms. The first-order chi connectivity index (χ1) is 8.95. The predicted molar refractivity (Wildman–Crippen MR) is 68.2 cm³/mol. The Morgan fingerprint density at radius 3 is 2.89 bits per heavy atom. The highest BCUT2D eigenvalue weighted by Gasteiger charge is 2.19. The fourth-order valence-electron chi connectivity index (χ4n) is 1.48. The zero-order valence-electron chi connectivity index (χ0n) is 10.3. The van der Waals surface area contributed by atoms with E-state index in [0.717, 1.165) is 0 Å².